The summed E-state index contributed by atoms with van der Waals surface area (Å²) < 4.78 is 0. The molecule has 0 aliphatic carbocycles. The summed E-state index contributed by atoms with van der Waals surface area (Å²) in [5.74, 6) is -1.06. The predicted molar refractivity (Wildman–Crippen MR) is 61.8 cm³/mol. The SMILES string of the molecule is Nc1cc(C(=O)O)cnc1Sc1cnccn1. The van der Waals surface area contributed by atoms with Crippen LogP contribution in [0.5, 0.6) is 0 Å². The van der Waals surface area contributed by atoms with Crippen molar-refractivity contribution < 1.29 is 9.90 Å². The maximum Gasteiger partial charge on any atom is 0.337 e. The van der Waals surface area contributed by atoms with Crippen LogP contribution in [0.1, 0.15) is 10.4 Å². The second-order valence-corrected chi connectivity index (χ2v) is 4.08. The van der Waals surface area contributed by atoms with Crippen molar-refractivity contribution in [2.75, 3.05) is 5.73 Å². The van der Waals surface area contributed by atoms with E-state index in [9.17, 15) is 4.79 Å². The number of aromatic nitrogens is 3. The number of rotatable bonds is 3. The van der Waals surface area contributed by atoms with Crippen LogP contribution in [0.15, 0.2) is 40.9 Å². The third-order valence-corrected chi connectivity index (χ3v) is 2.82. The number of carbonyl (C=O) groups is 1. The van der Waals surface area contributed by atoms with Crippen LogP contribution in [0.2, 0.25) is 0 Å². The van der Waals surface area contributed by atoms with Gasteiger partial charge in [0.05, 0.1) is 17.4 Å². The van der Waals surface area contributed by atoms with Crippen molar-refractivity contribution in [2.45, 2.75) is 10.1 Å². The van der Waals surface area contributed by atoms with Crippen molar-refractivity contribution in [3.05, 3.63) is 36.4 Å². The Balaban J connectivity index is 2.26. The number of hydrogen-bond donors (Lipinski definition) is 2. The lowest BCUT2D eigenvalue weighted by Crippen LogP contribution is -2.01. The number of anilines is 1. The Morgan fingerprint density at radius 1 is 1.29 bits per heavy atom. The Morgan fingerprint density at radius 2 is 2.12 bits per heavy atom. The second-order valence-electron chi connectivity index (χ2n) is 3.07. The zero-order valence-electron chi connectivity index (χ0n) is 8.57. The molecule has 0 atom stereocenters. The highest BCUT2D eigenvalue weighted by molar-refractivity contribution is 7.99. The molecular formula is C10H8N4O2S. The van der Waals surface area contributed by atoms with Crippen LogP contribution < -0.4 is 5.73 Å². The molecule has 17 heavy (non-hydrogen) atoms. The summed E-state index contributed by atoms with van der Waals surface area (Å²) in [7, 11) is 0. The maximum absolute atomic E-state index is 10.7. The molecule has 3 N–H and O–H groups in total. The van der Waals surface area contributed by atoms with Crippen molar-refractivity contribution in [1.29, 1.82) is 0 Å². The van der Waals surface area contributed by atoms with Gasteiger partial charge in [-0.2, -0.15) is 0 Å². The van der Waals surface area contributed by atoms with Gasteiger partial charge in [0, 0.05) is 18.6 Å². The van der Waals surface area contributed by atoms with E-state index in [1.165, 1.54) is 24.0 Å². The third kappa shape index (κ3) is 2.70. The van der Waals surface area contributed by atoms with Crippen LogP contribution >= 0.6 is 11.8 Å². The molecule has 0 radical (unpaired) electrons. The van der Waals surface area contributed by atoms with E-state index in [4.69, 9.17) is 10.8 Å². The standard InChI is InChI=1S/C10H8N4O2S/c11-7-3-6(10(15)16)4-14-9(7)17-8-5-12-1-2-13-8/h1-5H,11H2,(H,15,16). The van der Waals surface area contributed by atoms with Crippen LogP contribution in [0, 0.1) is 0 Å². The van der Waals surface area contributed by atoms with Gasteiger partial charge in [-0.05, 0) is 17.8 Å². The molecule has 0 saturated carbocycles. The molecule has 86 valence electrons. The molecule has 7 heteroatoms. The largest absolute Gasteiger partial charge is 0.478 e. The fourth-order valence-corrected chi connectivity index (χ4v) is 1.82. The number of nitrogen functional groups attached to an aromatic ring is 1. The van der Waals surface area contributed by atoms with E-state index >= 15 is 0 Å². The monoisotopic (exact) mass is 248 g/mol. The number of aromatic carboxylic acids is 1. The van der Waals surface area contributed by atoms with E-state index in [-0.39, 0.29) is 5.56 Å². The molecule has 0 aliphatic heterocycles. The Hall–Kier alpha value is -2.15. The fourth-order valence-electron chi connectivity index (χ4n) is 1.11. The van der Waals surface area contributed by atoms with Gasteiger partial charge in [0.15, 0.2) is 0 Å². The topological polar surface area (TPSA) is 102 Å². The lowest BCUT2D eigenvalue weighted by atomic mass is 10.3. The minimum absolute atomic E-state index is 0.0611. The summed E-state index contributed by atoms with van der Waals surface area (Å²) in [6, 6.07) is 1.37. The molecule has 0 fully saturated rings. The first-order chi connectivity index (χ1) is 8.16. The molecule has 2 aromatic rings. The summed E-state index contributed by atoms with van der Waals surface area (Å²) in [6.07, 6.45) is 5.97. The summed E-state index contributed by atoms with van der Waals surface area (Å²) in [4.78, 5) is 22.7. The Bertz CT molecular complexity index is 547. The minimum Gasteiger partial charge on any atom is -0.478 e. The van der Waals surface area contributed by atoms with Crippen LogP contribution in [-0.4, -0.2) is 26.0 Å². The fraction of sp³-hybridized carbons (Fsp3) is 0. The number of hydrogen-bond acceptors (Lipinski definition) is 6. The van der Waals surface area contributed by atoms with E-state index in [1.54, 1.807) is 18.6 Å². The van der Waals surface area contributed by atoms with E-state index in [0.717, 1.165) is 0 Å². The Kier molecular flexibility index (Phi) is 3.20. The predicted octanol–water partition coefficient (Wildman–Crippen LogP) is 1.30. The Morgan fingerprint density at radius 3 is 2.71 bits per heavy atom. The van der Waals surface area contributed by atoms with Crippen molar-refractivity contribution in [3.63, 3.8) is 0 Å². The van der Waals surface area contributed by atoms with Gasteiger partial charge in [-0.1, -0.05) is 0 Å². The van der Waals surface area contributed by atoms with Crippen LogP contribution in [0.4, 0.5) is 5.69 Å². The quantitative estimate of drug-likeness (QED) is 0.843. The van der Waals surface area contributed by atoms with Gasteiger partial charge in [-0.3, -0.25) is 4.98 Å². The first-order valence-corrected chi connectivity index (χ1v) is 5.41. The van der Waals surface area contributed by atoms with Gasteiger partial charge in [0.1, 0.15) is 10.1 Å². The zero-order valence-corrected chi connectivity index (χ0v) is 9.39. The summed E-state index contributed by atoms with van der Waals surface area (Å²) in [5.41, 5.74) is 6.08. The van der Waals surface area contributed by atoms with E-state index in [1.807, 2.05) is 0 Å². The molecule has 2 heterocycles. The third-order valence-electron chi connectivity index (χ3n) is 1.87. The molecule has 0 aliphatic rings. The van der Waals surface area contributed by atoms with Gasteiger partial charge in [-0.25, -0.2) is 14.8 Å². The first-order valence-electron chi connectivity index (χ1n) is 4.59. The highest BCUT2D eigenvalue weighted by Crippen LogP contribution is 2.28. The second kappa shape index (κ2) is 4.79. The van der Waals surface area contributed by atoms with E-state index in [2.05, 4.69) is 15.0 Å². The molecule has 0 unspecified atom stereocenters. The molecule has 0 spiro atoms. The summed E-state index contributed by atoms with van der Waals surface area (Å²) >= 11 is 1.23. The molecular weight excluding hydrogens is 240 g/mol. The van der Waals surface area contributed by atoms with Crippen molar-refractivity contribution >= 4 is 23.4 Å². The Labute approximate surface area is 101 Å². The number of nitrogens with zero attached hydrogens (tertiary/aromatic N) is 3. The van der Waals surface area contributed by atoms with E-state index < -0.39 is 5.97 Å². The minimum atomic E-state index is -1.06. The van der Waals surface area contributed by atoms with E-state index in [0.29, 0.717) is 15.7 Å². The van der Waals surface area contributed by atoms with Crippen molar-refractivity contribution in [2.24, 2.45) is 0 Å². The maximum atomic E-state index is 10.7. The van der Waals surface area contributed by atoms with Gasteiger partial charge in [0.25, 0.3) is 0 Å². The van der Waals surface area contributed by atoms with Crippen molar-refractivity contribution in [1.82, 2.24) is 15.0 Å². The molecule has 6 nitrogen and oxygen atoms in total. The molecule has 2 aromatic heterocycles. The molecule has 0 amide bonds. The van der Waals surface area contributed by atoms with Crippen LogP contribution in [0.25, 0.3) is 0 Å². The average Bonchev–Trinajstić information content (AvgIpc) is 2.33. The molecule has 2 rings (SSSR count). The number of nitrogens with two attached hydrogens (primary N) is 1. The lowest BCUT2D eigenvalue weighted by Gasteiger charge is -2.03. The van der Waals surface area contributed by atoms with Crippen molar-refractivity contribution in [3.8, 4) is 0 Å². The highest BCUT2D eigenvalue weighted by Gasteiger charge is 2.09. The smallest absolute Gasteiger partial charge is 0.337 e. The molecule has 0 aromatic carbocycles. The average molecular weight is 248 g/mol. The zero-order chi connectivity index (χ0) is 12.3. The number of carboxylic acid groups (broad SMARTS) is 1. The van der Waals surface area contributed by atoms with Gasteiger partial charge >= 0.3 is 5.97 Å². The van der Waals surface area contributed by atoms with Gasteiger partial charge in [0.2, 0.25) is 0 Å². The highest BCUT2D eigenvalue weighted by atomic mass is 32.2. The molecule has 0 bridgehead atoms. The summed E-state index contributed by atoms with van der Waals surface area (Å²) in [5, 5.41) is 9.92. The normalized spacial score (nSPS) is 10.1. The lowest BCUT2D eigenvalue weighted by molar-refractivity contribution is 0.0696. The van der Waals surface area contributed by atoms with Gasteiger partial charge in [-0.15, -0.1) is 0 Å². The number of carboxylic acids is 1. The number of pyridine rings is 1. The first kappa shape index (κ1) is 11.3. The molecule has 0 saturated heterocycles. The van der Waals surface area contributed by atoms with Crippen LogP contribution in [0.3, 0.4) is 0 Å². The van der Waals surface area contributed by atoms with Crippen LogP contribution in [-0.2, 0) is 0 Å². The summed E-state index contributed by atoms with van der Waals surface area (Å²) in [6.45, 7) is 0. The van der Waals surface area contributed by atoms with Gasteiger partial charge < -0.3 is 10.8 Å².